The lowest BCUT2D eigenvalue weighted by atomic mass is 9.91. The van der Waals surface area contributed by atoms with Gasteiger partial charge in [-0.3, -0.25) is 0 Å². The highest BCUT2D eigenvalue weighted by Gasteiger charge is 2.29. The fourth-order valence-electron chi connectivity index (χ4n) is 1.41. The summed E-state index contributed by atoms with van der Waals surface area (Å²) in [4.78, 5) is 0. The molecular weight excluding hydrogens is 146 g/mol. The molecule has 1 saturated heterocycles. The van der Waals surface area contributed by atoms with Crippen LogP contribution in [0.4, 0.5) is 0 Å². The first-order valence-corrected chi connectivity index (χ1v) is 3.93. The molecule has 4 nitrogen and oxygen atoms in total. The van der Waals surface area contributed by atoms with Crippen LogP contribution in [0.25, 0.3) is 0 Å². The van der Waals surface area contributed by atoms with Crippen molar-refractivity contribution in [1.29, 1.82) is 0 Å². The van der Waals surface area contributed by atoms with Crippen LogP contribution in [0.15, 0.2) is 0 Å². The summed E-state index contributed by atoms with van der Waals surface area (Å²) in [5.41, 5.74) is 0. The lowest BCUT2D eigenvalue weighted by molar-refractivity contribution is -0.0404. The summed E-state index contributed by atoms with van der Waals surface area (Å²) in [5.74, 6) is -0.0104. The molecule has 1 fully saturated rings. The first-order chi connectivity index (χ1) is 5.25. The van der Waals surface area contributed by atoms with Crippen LogP contribution in [0, 0.1) is 5.92 Å². The number of hydrogen-bond donors (Lipinski definition) is 4. The third-order valence-electron chi connectivity index (χ3n) is 2.14. The van der Waals surface area contributed by atoms with Gasteiger partial charge >= 0.3 is 0 Å². The summed E-state index contributed by atoms with van der Waals surface area (Å²) in [6, 6.07) is 0. The SMILES string of the molecule is OCC[C@@H]1CNC[C@@H](O)[C@H]1O. The molecule has 1 rings (SSSR count). The molecule has 3 atom stereocenters. The summed E-state index contributed by atoms with van der Waals surface area (Å²) < 4.78 is 0. The van der Waals surface area contributed by atoms with E-state index >= 15 is 0 Å². The summed E-state index contributed by atoms with van der Waals surface area (Å²) in [6.45, 7) is 1.19. The number of nitrogens with one attached hydrogen (secondary N) is 1. The van der Waals surface area contributed by atoms with E-state index in [0.29, 0.717) is 19.5 Å². The van der Waals surface area contributed by atoms with E-state index in [0.717, 1.165) is 0 Å². The van der Waals surface area contributed by atoms with Crippen LogP contribution in [0.1, 0.15) is 6.42 Å². The van der Waals surface area contributed by atoms with Crippen molar-refractivity contribution in [1.82, 2.24) is 5.32 Å². The minimum Gasteiger partial charge on any atom is -0.396 e. The average molecular weight is 161 g/mol. The molecule has 0 bridgehead atoms. The molecule has 0 aromatic rings. The normalized spacial score (nSPS) is 39.0. The van der Waals surface area contributed by atoms with Crippen LogP contribution < -0.4 is 5.32 Å². The van der Waals surface area contributed by atoms with E-state index in [1.807, 2.05) is 0 Å². The standard InChI is InChI=1S/C7H15NO3/c9-2-1-5-3-8-4-6(10)7(5)11/h5-11H,1-4H2/t5-,6-,7+/m1/s1. The van der Waals surface area contributed by atoms with E-state index in [2.05, 4.69) is 5.32 Å². The van der Waals surface area contributed by atoms with Crippen molar-refractivity contribution in [2.75, 3.05) is 19.7 Å². The summed E-state index contributed by atoms with van der Waals surface area (Å²) in [7, 11) is 0. The monoisotopic (exact) mass is 161 g/mol. The third-order valence-corrected chi connectivity index (χ3v) is 2.14. The van der Waals surface area contributed by atoms with Crippen molar-refractivity contribution >= 4 is 0 Å². The molecular formula is C7H15NO3. The Bertz CT molecular complexity index is 118. The Morgan fingerprint density at radius 3 is 2.64 bits per heavy atom. The van der Waals surface area contributed by atoms with Crippen LogP contribution in [-0.2, 0) is 0 Å². The maximum Gasteiger partial charge on any atom is 0.0926 e. The van der Waals surface area contributed by atoms with Crippen molar-refractivity contribution in [2.45, 2.75) is 18.6 Å². The number of aliphatic hydroxyl groups excluding tert-OH is 3. The van der Waals surface area contributed by atoms with Gasteiger partial charge in [0.25, 0.3) is 0 Å². The maximum absolute atomic E-state index is 9.37. The van der Waals surface area contributed by atoms with E-state index in [1.54, 1.807) is 0 Å². The zero-order valence-corrected chi connectivity index (χ0v) is 6.40. The van der Waals surface area contributed by atoms with Crippen molar-refractivity contribution in [2.24, 2.45) is 5.92 Å². The highest BCUT2D eigenvalue weighted by Crippen LogP contribution is 2.14. The van der Waals surface area contributed by atoms with Crippen LogP contribution in [-0.4, -0.2) is 47.2 Å². The van der Waals surface area contributed by atoms with Gasteiger partial charge in [-0.1, -0.05) is 0 Å². The van der Waals surface area contributed by atoms with E-state index < -0.39 is 12.2 Å². The second-order valence-corrected chi connectivity index (χ2v) is 2.99. The number of piperidine rings is 1. The Kier molecular flexibility index (Phi) is 3.26. The fourth-order valence-corrected chi connectivity index (χ4v) is 1.41. The van der Waals surface area contributed by atoms with Gasteiger partial charge in [0, 0.05) is 25.6 Å². The van der Waals surface area contributed by atoms with Gasteiger partial charge in [0.2, 0.25) is 0 Å². The van der Waals surface area contributed by atoms with Gasteiger partial charge in [0.1, 0.15) is 0 Å². The first kappa shape index (κ1) is 8.93. The second kappa shape index (κ2) is 4.01. The number of aliphatic hydroxyl groups is 3. The van der Waals surface area contributed by atoms with Crippen LogP contribution >= 0.6 is 0 Å². The molecule has 66 valence electrons. The van der Waals surface area contributed by atoms with Crippen LogP contribution in [0.2, 0.25) is 0 Å². The molecule has 4 N–H and O–H groups in total. The first-order valence-electron chi connectivity index (χ1n) is 3.93. The lowest BCUT2D eigenvalue weighted by Crippen LogP contribution is -2.50. The molecule has 11 heavy (non-hydrogen) atoms. The topological polar surface area (TPSA) is 72.7 Å². The Labute approximate surface area is 65.9 Å². The molecule has 0 spiro atoms. The van der Waals surface area contributed by atoms with Gasteiger partial charge in [-0.05, 0) is 6.42 Å². The van der Waals surface area contributed by atoms with Gasteiger partial charge < -0.3 is 20.6 Å². The van der Waals surface area contributed by atoms with E-state index in [1.165, 1.54) is 0 Å². The summed E-state index contributed by atoms with van der Waals surface area (Å²) in [6.07, 6.45) is -0.811. The highest BCUT2D eigenvalue weighted by molar-refractivity contribution is 4.83. The smallest absolute Gasteiger partial charge is 0.0926 e. The molecule has 0 amide bonds. The Morgan fingerprint density at radius 1 is 1.27 bits per heavy atom. The largest absolute Gasteiger partial charge is 0.396 e. The van der Waals surface area contributed by atoms with Crippen molar-refractivity contribution in [3.63, 3.8) is 0 Å². The molecule has 4 heteroatoms. The molecule has 0 radical (unpaired) electrons. The predicted octanol–water partition coefficient (Wildman–Crippen LogP) is -1.69. The van der Waals surface area contributed by atoms with E-state index in [9.17, 15) is 10.2 Å². The molecule has 0 unspecified atom stereocenters. The van der Waals surface area contributed by atoms with Gasteiger partial charge in [-0.15, -0.1) is 0 Å². The fraction of sp³-hybridized carbons (Fsp3) is 1.00. The summed E-state index contributed by atoms with van der Waals surface area (Å²) >= 11 is 0. The molecule has 0 aromatic carbocycles. The average Bonchev–Trinajstić information content (AvgIpc) is 1.99. The Hall–Kier alpha value is -0.160. The quantitative estimate of drug-likeness (QED) is 0.390. The second-order valence-electron chi connectivity index (χ2n) is 2.99. The van der Waals surface area contributed by atoms with E-state index in [-0.39, 0.29) is 12.5 Å². The summed E-state index contributed by atoms with van der Waals surface area (Å²) in [5, 5.41) is 30.1. The molecule has 0 aliphatic carbocycles. The molecule has 0 aromatic heterocycles. The van der Waals surface area contributed by atoms with Crippen molar-refractivity contribution < 1.29 is 15.3 Å². The molecule has 1 aliphatic heterocycles. The van der Waals surface area contributed by atoms with Gasteiger partial charge in [-0.25, -0.2) is 0 Å². The van der Waals surface area contributed by atoms with Gasteiger partial charge in [0.05, 0.1) is 12.2 Å². The minimum absolute atomic E-state index is 0.0104. The highest BCUT2D eigenvalue weighted by atomic mass is 16.3. The number of rotatable bonds is 2. The Morgan fingerprint density at radius 2 is 2.00 bits per heavy atom. The molecule has 0 saturated carbocycles. The zero-order chi connectivity index (χ0) is 8.27. The lowest BCUT2D eigenvalue weighted by Gasteiger charge is -2.32. The number of β-amino-alcohol motifs (C(OH)–C–C–N with tert-alkyl or cyclic N) is 1. The van der Waals surface area contributed by atoms with Crippen molar-refractivity contribution in [3.8, 4) is 0 Å². The van der Waals surface area contributed by atoms with Crippen molar-refractivity contribution in [3.05, 3.63) is 0 Å². The van der Waals surface area contributed by atoms with Gasteiger partial charge in [-0.2, -0.15) is 0 Å². The number of hydrogen-bond acceptors (Lipinski definition) is 4. The zero-order valence-electron chi connectivity index (χ0n) is 6.40. The predicted molar refractivity (Wildman–Crippen MR) is 40.1 cm³/mol. The minimum atomic E-state index is -0.680. The molecule has 1 heterocycles. The van der Waals surface area contributed by atoms with E-state index in [4.69, 9.17) is 5.11 Å². The van der Waals surface area contributed by atoms with Crippen LogP contribution in [0.3, 0.4) is 0 Å². The van der Waals surface area contributed by atoms with Crippen LogP contribution in [0.5, 0.6) is 0 Å². The van der Waals surface area contributed by atoms with Gasteiger partial charge in [0.15, 0.2) is 0 Å². The molecule has 1 aliphatic rings. The third kappa shape index (κ3) is 2.13. The maximum atomic E-state index is 9.37. The Balaban J connectivity index is 2.38.